The Kier molecular flexibility index (Phi) is 6.84. The van der Waals surface area contributed by atoms with E-state index in [0.717, 1.165) is 12.1 Å². The van der Waals surface area contributed by atoms with E-state index in [9.17, 15) is 28.1 Å². The molecule has 0 bridgehead atoms. The lowest BCUT2D eigenvalue weighted by atomic mass is 10.1. The van der Waals surface area contributed by atoms with E-state index in [0.29, 0.717) is 5.69 Å². The molecule has 0 N–H and O–H groups in total. The van der Waals surface area contributed by atoms with Gasteiger partial charge in [-0.15, -0.1) is 0 Å². The normalized spacial score (nSPS) is 14.1. The number of rotatable bonds is 6. The summed E-state index contributed by atoms with van der Waals surface area (Å²) in [6, 6.07) is 6.17. The lowest BCUT2D eigenvalue weighted by Gasteiger charge is -2.36. The molecule has 0 aromatic heterocycles. The van der Waals surface area contributed by atoms with E-state index in [1.54, 1.807) is 11.0 Å². The van der Waals surface area contributed by atoms with Crippen LogP contribution < -0.4 is 19.1 Å². The van der Waals surface area contributed by atoms with Crippen LogP contribution in [0, 0.1) is 10.1 Å². The van der Waals surface area contributed by atoms with Crippen molar-refractivity contribution in [2.45, 2.75) is 6.18 Å². The highest BCUT2D eigenvalue weighted by Gasteiger charge is 2.35. The van der Waals surface area contributed by atoms with Crippen molar-refractivity contribution in [2.24, 2.45) is 0 Å². The molecule has 1 heterocycles. The molecule has 2 aromatic carbocycles. The highest BCUT2D eigenvalue weighted by Crippen LogP contribution is 2.46. The maximum Gasteiger partial charge on any atom is 0.416 e. The van der Waals surface area contributed by atoms with Crippen LogP contribution >= 0.6 is 0 Å². The number of carbonyl (C=O) groups excluding carboxylic acids is 1. The van der Waals surface area contributed by atoms with Crippen molar-refractivity contribution in [3.8, 4) is 17.2 Å². The number of hydrogen-bond acceptors (Lipinski definition) is 7. The van der Waals surface area contributed by atoms with Crippen molar-refractivity contribution in [3.63, 3.8) is 0 Å². The third-order valence-corrected chi connectivity index (χ3v) is 5.32. The summed E-state index contributed by atoms with van der Waals surface area (Å²) in [5.41, 5.74) is -1.16. The molecule has 0 atom stereocenters. The summed E-state index contributed by atoms with van der Waals surface area (Å²) in [5.74, 6) is -0.791. The Hall–Kier alpha value is -3.70. The summed E-state index contributed by atoms with van der Waals surface area (Å²) in [4.78, 5) is 27.4. The Bertz CT molecular complexity index is 1050. The smallest absolute Gasteiger partial charge is 0.416 e. The minimum Gasteiger partial charge on any atom is -0.493 e. The maximum atomic E-state index is 13.2. The van der Waals surface area contributed by atoms with E-state index in [1.807, 2.05) is 0 Å². The number of methoxy groups -OCH3 is 3. The van der Waals surface area contributed by atoms with E-state index in [4.69, 9.17) is 14.2 Å². The number of ether oxygens (including phenoxy) is 3. The molecule has 0 saturated carbocycles. The van der Waals surface area contributed by atoms with Gasteiger partial charge in [0.1, 0.15) is 5.56 Å². The SMILES string of the molecule is COc1cc(C(=O)N2CCN(c3cccc(C(F)(F)F)c3)CC2)c([N+](=O)[O-])c(OC)c1OC. The Balaban J connectivity index is 1.86. The zero-order valence-electron chi connectivity index (χ0n) is 18.1. The second-order valence-electron chi connectivity index (χ2n) is 7.13. The molecule has 0 aliphatic carbocycles. The Labute approximate surface area is 187 Å². The number of alkyl halides is 3. The van der Waals surface area contributed by atoms with Crippen LogP contribution in [0.4, 0.5) is 24.5 Å². The predicted molar refractivity (Wildman–Crippen MR) is 112 cm³/mol. The molecule has 0 radical (unpaired) electrons. The van der Waals surface area contributed by atoms with E-state index in [1.165, 1.54) is 38.4 Å². The number of piperazine rings is 1. The third kappa shape index (κ3) is 4.73. The van der Waals surface area contributed by atoms with Crippen molar-refractivity contribution in [2.75, 3.05) is 52.4 Å². The fourth-order valence-corrected chi connectivity index (χ4v) is 3.70. The summed E-state index contributed by atoms with van der Waals surface area (Å²) >= 11 is 0. The molecule has 1 fully saturated rings. The van der Waals surface area contributed by atoms with E-state index < -0.39 is 28.3 Å². The Morgan fingerprint density at radius 1 is 1.00 bits per heavy atom. The zero-order valence-corrected chi connectivity index (χ0v) is 18.1. The van der Waals surface area contributed by atoms with E-state index in [-0.39, 0.29) is 49.0 Å². The van der Waals surface area contributed by atoms with Gasteiger partial charge >= 0.3 is 11.9 Å². The number of anilines is 1. The van der Waals surface area contributed by atoms with Crippen LogP contribution in [-0.4, -0.2) is 63.2 Å². The van der Waals surface area contributed by atoms with Gasteiger partial charge in [0.15, 0.2) is 5.75 Å². The zero-order chi connectivity index (χ0) is 24.3. The monoisotopic (exact) mass is 469 g/mol. The van der Waals surface area contributed by atoms with Gasteiger partial charge in [0.25, 0.3) is 5.91 Å². The molecular formula is C21H22F3N3O6. The topological polar surface area (TPSA) is 94.4 Å². The number of hydrogen-bond donors (Lipinski definition) is 0. The molecule has 1 amide bonds. The van der Waals surface area contributed by atoms with Crippen LogP contribution in [0.3, 0.4) is 0 Å². The first kappa shape index (κ1) is 24.0. The molecule has 0 spiro atoms. The lowest BCUT2D eigenvalue weighted by Crippen LogP contribution is -2.49. The molecule has 0 unspecified atom stereocenters. The molecule has 1 saturated heterocycles. The van der Waals surface area contributed by atoms with Gasteiger partial charge in [-0.25, -0.2) is 0 Å². The van der Waals surface area contributed by atoms with Gasteiger partial charge in [-0.2, -0.15) is 13.2 Å². The minimum atomic E-state index is -4.46. The fourth-order valence-electron chi connectivity index (χ4n) is 3.70. The fraction of sp³-hybridized carbons (Fsp3) is 0.381. The first-order valence-electron chi connectivity index (χ1n) is 9.81. The Morgan fingerprint density at radius 2 is 1.64 bits per heavy atom. The van der Waals surface area contributed by atoms with Crippen LogP contribution in [0.5, 0.6) is 17.2 Å². The summed E-state index contributed by atoms with van der Waals surface area (Å²) in [6.07, 6.45) is -4.46. The number of halogens is 3. The molecule has 9 nitrogen and oxygen atoms in total. The second kappa shape index (κ2) is 9.43. The van der Waals surface area contributed by atoms with Gasteiger partial charge < -0.3 is 24.0 Å². The van der Waals surface area contributed by atoms with Gasteiger partial charge in [-0.1, -0.05) is 6.07 Å². The standard InChI is InChI=1S/C21H22F3N3O6/c1-31-16-12-15(17(27(29)30)19(33-3)18(16)32-2)20(28)26-9-7-25(8-10-26)14-6-4-5-13(11-14)21(22,23)24/h4-6,11-12H,7-10H2,1-3H3. The predicted octanol–water partition coefficient (Wildman–Crippen LogP) is 3.60. The van der Waals surface area contributed by atoms with Gasteiger partial charge in [-0.05, 0) is 18.2 Å². The van der Waals surface area contributed by atoms with Crippen LogP contribution in [0.25, 0.3) is 0 Å². The van der Waals surface area contributed by atoms with Crippen molar-refractivity contribution in [1.29, 1.82) is 0 Å². The second-order valence-corrected chi connectivity index (χ2v) is 7.13. The highest BCUT2D eigenvalue weighted by molar-refractivity contribution is 6.00. The van der Waals surface area contributed by atoms with Crippen molar-refractivity contribution in [1.82, 2.24) is 4.90 Å². The molecule has 3 rings (SSSR count). The molecule has 12 heteroatoms. The summed E-state index contributed by atoms with van der Waals surface area (Å²) in [5, 5.41) is 11.8. The van der Waals surface area contributed by atoms with Crippen LogP contribution in [0.2, 0.25) is 0 Å². The number of carbonyl (C=O) groups is 1. The van der Waals surface area contributed by atoms with Crippen LogP contribution in [0.1, 0.15) is 15.9 Å². The van der Waals surface area contributed by atoms with E-state index >= 15 is 0 Å². The van der Waals surface area contributed by atoms with Gasteiger partial charge in [0.2, 0.25) is 11.5 Å². The number of benzene rings is 2. The van der Waals surface area contributed by atoms with Crippen molar-refractivity contribution >= 4 is 17.3 Å². The Morgan fingerprint density at radius 3 is 2.15 bits per heavy atom. The molecule has 33 heavy (non-hydrogen) atoms. The third-order valence-electron chi connectivity index (χ3n) is 5.32. The van der Waals surface area contributed by atoms with Gasteiger partial charge in [-0.3, -0.25) is 14.9 Å². The van der Waals surface area contributed by atoms with Crippen LogP contribution in [0.15, 0.2) is 30.3 Å². The van der Waals surface area contributed by atoms with Crippen molar-refractivity contribution in [3.05, 3.63) is 51.6 Å². The first-order valence-corrected chi connectivity index (χ1v) is 9.81. The molecule has 1 aliphatic heterocycles. The number of amides is 1. The number of nitrogens with zero attached hydrogens (tertiary/aromatic N) is 3. The summed E-state index contributed by atoms with van der Waals surface area (Å²) in [6.45, 7) is 0.822. The quantitative estimate of drug-likeness (QED) is 0.471. The first-order chi connectivity index (χ1) is 15.6. The number of nitro benzene ring substituents is 1. The average Bonchev–Trinajstić information content (AvgIpc) is 2.81. The molecule has 1 aliphatic rings. The molecule has 2 aromatic rings. The largest absolute Gasteiger partial charge is 0.493 e. The molecular weight excluding hydrogens is 447 g/mol. The van der Waals surface area contributed by atoms with Crippen LogP contribution in [-0.2, 0) is 6.18 Å². The number of nitro groups is 1. The van der Waals surface area contributed by atoms with Crippen molar-refractivity contribution < 1.29 is 37.1 Å². The minimum absolute atomic E-state index is 0.0161. The average molecular weight is 469 g/mol. The van der Waals surface area contributed by atoms with E-state index in [2.05, 4.69) is 0 Å². The summed E-state index contributed by atoms with van der Waals surface area (Å²) in [7, 11) is 3.83. The van der Waals surface area contributed by atoms with Gasteiger partial charge in [0.05, 0.1) is 31.8 Å². The summed E-state index contributed by atoms with van der Waals surface area (Å²) < 4.78 is 54.6. The van der Waals surface area contributed by atoms with Gasteiger partial charge in [0, 0.05) is 37.9 Å². The lowest BCUT2D eigenvalue weighted by molar-refractivity contribution is -0.386. The maximum absolute atomic E-state index is 13.2. The molecule has 178 valence electrons. The highest BCUT2D eigenvalue weighted by atomic mass is 19.4.